The summed E-state index contributed by atoms with van der Waals surface area (Å²) >= 11 is 0. The van der Waals surface area contributed by atoms with Crippen molar-refractivity contribution in [1.82, 2.24) is 0 Å². The molecule has 23 nitrogen and oxygen atoms in total. The molecule has 2 atom stereocenters. The zero-order chi connectivity index (χ0) is 31.4. The van der Waals surface area contributed by atoms with Gasteiger partial charge in [0.15, 0.2) is 11.2 Å². The van der Waals surface area contributed by atoms with Crippen LogP contribution >= 0.6 is 0 Å². The van der Waals surface area contributed by atoms with Gasteiger partial charge in [-0.1, -0.05) is 0 Å². The van der Waals surface area contributed by atoms with Gasteiger partial charge in [-0.2, -0.15) is 0 Å². The normalized spacial score (nSPS) is 12.7. The van der Waals surface area contributed by atoms with Crippen LogP contribution in [0, 0.1) is 0 Å². The Morgan fingerprint density at radius 2 is 0.786 bits per heavy atom. The maximum Gasteiger partial charge on any atom is 1.00 e. The predicted molar refractivity (Wildman–Crippen MR) is 115 cm³/mol. The van der Waals surface area contributed by atoms with E-state index in [1.807, 2.05) is 0 Å². The first-order valence-electron chi connectivity index (χ1n) is 9.83. The van der Waals surface area contributed by atoms with E-state index in [0.29, 0.717) is 0 Å². The van der Waals surface area contributed by atoms with E-state index in [9.17, 15) is 63.9 Å². The first-order chi connectivity index (χ1) is 18.2. The molecular formula is C13H20B4Na2O23. The van der Waals surface area contributed by atoms with Gasteiger partial charge in [0.2, 0.25) is 0 Å². The van der Waals surface area contributed by atoms with Gasteiger partial charge in [-0.25, -0.2) is 14.4 Å². The van der Waals surface area contributed by atoms with Crippen molar-refractivity contribution in [3.05, 3.63) is 0 Å². The Hall–Kier alpha value is -1.97. The molecule has 0 fully saturated rings. The Bertz CT molecular complexity index is 924. The number of carboxylic acid groups (broad SMARTS) is 4. The molecule has 0 radical (unpaired) electrons. The molecule has 0 aliphatic heterocycles. The molecule has 0 rings (SSSR count). The van der Waals surface area contributed by atoms with Gasteiger partial charge in [-0.05, 0) is 0 Å². The van der Waals surface area contributed by atoms with Gasteiger partial charge in [0.1, 0.15) is 0 Å². The predicted octanol–water partition coefficient (Wildman–Crippen LogP) is -12.2. The Morgan fingerprint density at radius 1 is 0.524 bits per heavy atom. The van der Waals surface area contributed by atoms with Gasteiger partial charge in [0, 0.05) is 0 Å². The van der Waals surface area contributed by atoms with Crippen LogP contribution in [0.2, 0.25) is 0 Å². The summed E-state index contributed by atoms with van der Waals surface area (Å²) in [6.07, 6.45) is -8.10. The SMILES string of the molecule is O=C(O)CC(O)(CC(=O)OB(O)OB(O)OC(=O)OB(O)OB(O)OC(=O)CC(O)(CC(=O)O)C(=O)O)C(=O)O.[H-].[H-].[Na+].[Na+]. The summed E-state index contributed by atoms with van der Waals surface area (Å²) in [6.45, 7) is 0. The van der Waals surface area contributed by atoms with E-state index >= 15 is 0 Å². The molecule has 42 heavy (non-hydrogen) atoms. The van der Waals surface area contributed by atoms with Crippen LogP contribution < -0.4 is 59.1 Å². The summed E-state index contributed by atoms with van der Waals surface area (Å²) < 4.78 is 23.8. The molecule has 0 heterocycles. The molecule has 10 N–H and O–H groups in total. The number of aliphatic hydroxyl groups is 2. The first-order valence-corrected chi connectivity index (χ1v) is 9.83. The third kappa shape index (κ3) is 17.9. The first kappa shape index (κ1) is 44.5. The minimum absolute atomic E-state index is 0. The maximum absolute atomic E-state index is 11.6. The molecule has 0 aromatic carbocycles. The monoisotopic (exact) mass is 634 g/mol. The number of rotatable bonds is 18. The number of hydrogen-bond acceptors (Lipinski definition) is 19. The average molecular weight is 634 g/mol. The van der Waals surface area contributed by atoms with Crippen LogP contribution in [0.25, 0.3) is 0 Å². The second-order valence-electron chi connectivity index (χ2n) is 7.13. The molecule has 2 unspecified atom stereocenters. The Balaban J connectivity index is -0.00000127. The Morgan fingerprint density at radius 3 is 1.02 bits per heavy atom. The molecular weight excluding hydrogens is 613 g/mol. The van der Waals surface area contributed by atoms with Gasteiger partial charge in [-0.15, -0.1) is 0 Å². The van der Waals surface area contributed by atoms with E-state index in [1.54, 1.807) is 0 Å². The average Bonchev–Trinajstić information content (AvgIpc) is 2.70. The molecule has 0 amide bonds. The fourth-order valence-corrected chi connectivity index (χ4v) is 2.22. The second kappa shape index (κ2) is 20.1. The number of carbonyl (C=O) groups is 7. The van der Waals surface area contributed by atoms with Crippen LogP contribution in [0.3, 0.4) is 0 Å². The molecule has 0 aromatic rings. The zero-order valence-corrected chi connectivity index (χ0v) is 25.4. The van der Waals surface area contributed by atoms with E-state index in [4.69, 9.17) is 20.4 Å². The number of carbonyl (C=O) groups excluding carboxylic acids is 3. The van der Waals surface area contributed by atoms with Gasteiger partial charge in [0.05, 0.1) is 25.7 Å². The van der Waals surface area contributed by atoms with E-state index < -0.39 is 108 Å². The van der Waals surface area contributed by atoms with Crippen molar-refractivity contribution in [3.8, 4) is 0 Å². The van der Waals surface area contributed by atoms with E-state index in [2.05, 4.69) is 27.8 Å². The molecule has 29 heteroatoms. The smallest absolute Gasteiger partial charge is 1.00 e. The van der Waals surface area contributed by atoms with E-state index in [0.717, 1.165) is 0 Å². The van der Waals surface area contributed by atoms with Crippen LogP contribution in [-0.4, -0.2) is 133 Å². The zero-order valence-electron chi connectivity index (χ0n) is 23.4. The second-order valence-corrected chi connectivity index (χ2v) is 7.13. The third-order valence-electron chi connectivity index (χ3n) is 3.88. The van der Waals surface area contributed by atoms with Crippen LogP contribution in [0.1, 0.15) is 28.5 Å². The molecule has 224 valence electrons. The fraction of sp³-hybridized carbons (Fsp3) is 0.462. The Labute approximate surface area is 280 Å². The van der Waals surface area contributed by atoms with Gasteiger partial charge < -0.3 is 81.3 Å². The van der Waals surface area contributed by atoms with Crippen molar-refractivity contribution in [2.45, 2.75) is 36.9 Å². The van der Waals surface area contributed by atoms with Gasteiger partial charge >= 0.3 is 118 Å². The summed E-state index contributed by atoms with van der Waals surface area (Å²) in [5.74, 6) is -11.5. The molecule has 0 aliphatic rings. The van der Waals surface area contributed by atoms with Crippen LogP contribution in [-0.2, 0) is 56.5 Å². The van der Waals surface area contributed by atoms with Gasteiger partial charge in [-0.3, -0.25) is 19.2 Å². The molecule has 0 spiro atoms. The standard InChI is InChI=1S/C13H18B4O23.2Na.2H/c18-5(19)1-12(29,9(24)25)3-7(22)35-14(31)39-16(33)37-11(28)38-17(34)40-15(32)36-8(23)4-13(30,10(26)27)2-6(20)21;;;;/h29-34H,1-4H2,(H,18,19)(H,20,21)(H,24,25)(H,26,27);;;;/q;2*+1;2*-1. The number of carboxylic acids is 4. The van der Waals surface area contributed by atoms with Gasteiger partial charge in [0.25, 0.3) is 11.9 Å². The van der Waals surface area contributed by atoms with Crippen molar-refractivity contribution in [3.63, 3.8) is 0 Å². The molecule has 0 saturated carbocycles. The quantitative estimate of drug-likeness (QED) is 0.0626. The van der Waals surface area contributed by atoms with E-state index in [1.165, 1.54) is 0 Å². The van der Waals surface area contributed by atoms with Crippen LogP contribution in [0.15, 0.2) is 0 Å². The van der Waals surface area contributed by atoms with Crippen LogP contribution in [0.5, 0.6) is 0 Å². The van der Waals surface area contributed by atoms with Crippen molar-refractivity contribution in [2.75, 3.05) is 0 Å². The largest absolute Gasteiger partial charge is 1.00 e. The number of aliphatic carboxylic acids is 4. The maximum atomic E-state index is 11.6. The molecule has 0 aromatic heterocycles. The minimum Gasteiger partial charge on any atom is -1.00 e. The summed E-state index contributed by atoms with van der Waals surface area (Å²) in [6, 6.07) is 0. The molecule has 0 saturated heterocycles. The van der Waals surface area contributed by atoms with Crippen molar-refractivity contribution < 1.29 is 174 Å². The molecule has 0 aliphatic carbocycles. The van der Waals surface area contributed by atoms with Crippen molar-refractivity contribution in [1.29, 1.82) is 0 Å². The summed E-state index contributed by atoms with van der Waals surface area (Å²) in [4.78, 5) is 77.6. The molecule has 0 bridgehead atoms. The topological polar surface area (TPSA) is 377 Å². The van der Waals surface area contributed by atoms with Crippen molar-refractivity contribution >= 4 is 71.3 Å². The summed E-state index contributed by atoms with van der Waals surface area (Å²) in [5.41, 5.74) is -6.32. The third-order valence-corrected chi connectivity index (χ3v) is 3.88. The number of hydrogen-bond donors (Lipinski definition) is 10. The minimum atomic E-state index is -3.16. The summed E-state index contributed by atoms with van der Waals surface area (Å²) in [7, 11) is -11.4. The van der Waals surface area contributed by atoms with E-state index in [-0.39, 0.29) is 62.0 Å². The van der Waals surface area contributed by atoms with Crippen molar-refractivity contribution in [2.24, 2.45) is 0 Å². The summed E-state index contributed by atoms with van der Waals surface area (Å²) in [5, 5.41) is 91.4. The Kier molecular flexibility index (Phi) is 21.3. The van der Waals surface area contributed by atoms with Crippen LogP contribution in [0.4, 0.5) is 4.79 Å². The fourth-order valence-electron chi connectivity index (χ4n) is 2.22.